The van der Waals surface area contributed by atoms with E-state index in [-0.39, 0.29) is 0 Å². The largest absolute Gasteiger partial charge is 0.366 e. The predicted molar refractivity (Wildman–Crippen MR) is 61.2 cm³/mol. The Morgan fingerprint density at radius 3 is 2.60 bits per heavy atom. The van der Waals surface area contributed by atoms with Gasteiger partial charge in [0, 0.05) is 24.5 Å². The zero-order chi connectivity index (χ0) is 10.9. The SMILES string of the molecule is CN(C)C1(CNc2nccnc2Cl)CC1. The lowest BCUT2D eigenvalue weighted by Gasteiger charge is -2.24. The molecule has 1 fully saturated rings. The number of aromatic nitrogens is 2. The van der Waals surface area contributed by atoms with Crippen molar-refractivity contribution in [3.63, 3.8) is 0 Å². The van der Waals surface area contributed by atoms with Gasteiger partial charge >= 0.3 is 0 Å². The molecule has 1 N–H and O–H groups in total. The molecule has 82 valence electrons. The lowest BCUT2D eigenvalue weighted by atomic mass is 10.2. The number of halogens is 1. The summed E-state index contributed by atoms with van der Waals surface area (Å²) < 4.78 is 0. The molecule has 0 amide bonds. The van der Waals surface area contributed by atoms with Crippen LogP contribution in [0.2, 0.25) is 5.15 Å². The molecule has 1 aliphatic carbocycles. The second-order valence-corrected chi connectivity index (χ2v) is 4.53. The van der Waals surface area contributed by atoms with Gasteiger partial charge in [0.15, 0.2) is 11.0 Å². The topological polar surface area (TPSA) is 41.0 Å². The first-order valence-corrected chi connectivity index (χ1v) is 5.40. The minimum Gasteiger partial charge on any atom is -0.366 e. The molecule has 1 aromatic rings. The number of anilines is 1. The van der Waals surface area contributed by atoms with Crippen molar-refractivity contribution in [3.05, 3.63) is 17.5 Å². The van der Waals surface area contributed by atoms with Gasteiger partial charge in [0.25, 0.3) is 0 Å². The summed E-state index contributed by atoms with van der Waals surface area (Å²) in [7, 11) is 4.21. The highest BCUT2D eigenvalue weighted by molar-refractivity contribution is 6.31. The van der Waals surface area contributed by atoms with Gasteiger partial charge in [-0.1, -0.05) is 11.6 Å². The van der Waals surface area contributed by atoms with Gasteiger partial charge in [-0.2, -0.15) is 0 Å². The van der Waals surface area contributed by atoms with Gasteiger partial charge in [-0.15, -0.1) is 0 Å². The highest BCUT2D eigenvalue weighted by Crippen LogP contribution is 2.40. The van der Waals surface area contributed by atoms with E-state index in [0.29, 0.717) is 16.5 Å². The van der Waals surface area contributed by atoms with Crippen LogP contribution < -0.4 is 5.32 Å². The second-order valence-electron chi connectivity index (χ2n) is 4.17. The fraction of sp³-hybridized carbons (Fsp3) is 0.600. The van der Waals surface area contributed by atoms with E-state index in [2.05, 4.69) is 34.3 Å². The maximum atomic E-state index is 5.90. The molecule has 0 spiro atoms. The molecule has 5 heteroatoms. The standard InChI is InChI=1S/C10H15ClN4/c1-15(2)10(3-4-10)7-14-9-8(11)12-5-6-13-9/h5-6H,3-4,7H2,1-2H3,(H,13,14). The number of likely N-dealkylation sites (N-methyl/N-ethyl adjacent to an activating group) is 1. The van der Waals surface area contributed by atoms with Gasteiger partial charge < -0.3 is 10.2 Å². The molecule has 1 aliphatic rings. The van der Waals surface area contributed by atoms with Crippen molar-refractivity contribution in [1.82, 2.24) is 14.9 Å². The maximum absolute atomic E-state index is 5.90. The van der Waals surface area contributed by atoms with Gasteiger partial charge in [0.2, 0.25) is 0 Å². The Morgan fingerprint density at radius 2 is 2.07 bits per heavy atom. The fourth-order valence-electron chi connectivity index (χ4n) is 1.61. The molecule has 4 nitrogen and oxygen atoms in total. The number of hydrogen-bond acceptors (Lipinski definition) is 4. The van der Waals surface area contributed by atoms with Gasteiger partial charge in [-0.25, -0.2) is 9.97 Å². The van der Waals surface area contributed by atoms with Crippen molar-refractivity contribution < 1.29 is 0 Å². The number of nitrogens with zero attached hydrogens (tertiary/aromatic N) is 3. The quantitative estimate of drug-likeness (QED) is 0.848. The Hall–Kier alpha value is -0.870. The third-order valence-electron chi connectivity index (χ3n) is 3.01. The summed E-state index contributed by atoms with van der Waals surface area (Å²) >= 11 is 5.90. The van der Waals surface area contributed by atoms with Gasteiger partial charge in [-0.3, -0.25) is 0 Å². The number of rotatable bonds is 4. The zero-order valence-electron chi connectivity index (χ0n) is 9.00. The second kappa shape index (κ2) is 3.94. The van der Waals surface area contributed by atoms with Crippen LogP contribution in [0.25, 0.3) is 0 Å². The van der Waals surface area contributed by atoms with Gasteiger partial charge in [-0.05, 0) is 26.9 Å². The molecular formula is C10H15ClN4. The zero-order valence-corrected chi connectivity index (χ0v) is 9.75. The summed E-state index contributed by atoms with van der Waals surface area (Å²) in [5, 5.41) is 3.69. The first-order valence-electron chi connectivity index (χ1n) is 5.02. The summed E-state index contributed by atoms with van der Waals surface area (Å²) in [5.74, 6) is 0.673. The Kier molecular flexibility index (Phi) is 2.80. The minimum atomic E-state index is 0.293. The van der Waals surface area contributed by atoms with Crippen molar-refractivity contribution in [2.24, 2.45) is 0 Å². The summed E-state index contributed by atoms with van der Waals surface area (Å²) in [5.41, 5.74) is 0.293. The first-order chi connectivity index (χ1) is 7.14. The van der Waals surface area contributed by atoms with Crippen LogP contribution in [0.3, 0.4) is 0 Å². The summed E-state index contributed by atoms with van der Waals surface area (Å²) in [6.07, 6.45) is 5.69. The van der Waals surface area contributed by atoms with Crippen molar-refractivity contribution in [1.29, 1.82) is 0 Å². The molecule has 0 atom stereocenters. The molecule has 1 saturated carbocycles. The normalized spacial score (nSPS) is 17.9. The van der Waals surface area contributed by atoms with E-state index >= 15 is 0 Å². The number of hydrogen-bond donors (Lipinski definition) is 1. The van der Waals surface area contributed by atoms with E-state index in [9.17, 15) is 0 Å². The van der Waals surface area contributed by atoms with Crippen LogP contribution in [0.4, 0.5) is 5.82 Å². The summed E-state index contributed by atoms with van der Waals surface area (Å²) in [4.78, 5) is 10.4. The maximum Gasteiger partial charge on any atom is 0.171 e. The van der Waals surface area contributed by atoms with E-state index < -0.39 is 0 Å². The highest BCUT2D eigenvalue weighted by atomic mass is 35.5. The Labute approximate surface area is 94.7 Å². The number of nitrogens with one attached hydrogen (secondary N) is 1. The van der Waals surface area contributed by atoms with Crippen molar-refractivity contribution in [3.8, 4) is 0 Å². The average Bonchev–Trinajstić information content (AvgIpc) is 2.98. The summed E-state index contributed by atoms with van der Waals surface area (Å²) in [6, 6.07) is 0. The lowest BCUT2D eigenvalue weighted by Crippen LogP contribution is -2.36. The Balaban J connectivity index is 1.97. The third-order valence-corrected chi connectivity index (χ3v) is 3.29. The van der Waals surface area contributed by atoms with Crippen LogP contribution in [0, 0.1) is 0 Å². The molecule has 0 aliphatic heterocycles. The van der Waals surface area contributed by atoms with Gasteiger partial charge in [0.05, 0.1) is 0 Å². The van der Waals surface area contributed by atoms with Crippen LogP contribution in [0.1, 0.15) is 12.8 Å². The molecular weight excluding hydrogens is 212 g/mol. The lowest BCUT2D eigenvalue weighted by molar-refractivity contribution is 0.284. The average molecular weight is 227 g/mol. The Bertz CT molecular complexity index is 349. The van der Waals surface area contributed by atoms with E-state index in [1.165, 1.54) is 12.8 Å². The molecule has 0 aromatic carbocycles. The smallest absolute Gasteiger partial charge is 0.171 e. The molecule has 0 radical (unpaired) electrons. The van der Waals surface area contributed by atoms with Crippen LogP contribution in [-0.2, 0) is 0 Å². The van der Waals surface area contributed by atoms with Crippen molar-refractivity contribution in [2.45, 2.75) is 18.4 Å². The van der Waals surface area contributed by atoms with Crippen molar-refractivity contribution in [2.75, 3.05) is 26.0 Å². The highest BCUT2D eigenvalue weighted by Gasteiger charge is 2.44. The molecule has 0 unspecified atom stereocenters. The molecule has 1 heterocycles. The monoisotopic (exact) mass is 226 g/mol. The van der Waals surface area contributed by atoms with Crippen LogP contribution in [-0.4, -0.2) is 41.0 Å². The molecule has 1 aromatic heterocycles. The third kappa shape index (κ3) is 2.21. The van der Waals surface area contributed by atoms with Crippen LogP contribution >= 0.6 is 11.6 Å². The van der Waals surface area contributed by atoms with E-state index in [0.717, 1.165) is 6.54 Å². The first kappa shape index (κ1) is 10.6. The summed E-state index contributed by atoms with van der Waals surface area (Å²) in [6.45, 7) is 0.873. The molecule has 2 rings (SSSR count). The minimum absolute atomic E-state index is 0.293. The van der Waals surface area contributed by atoms with Gasteiger partial charge in [0.1, 0.15) is 0 Å². The van der Waals surface area contributed by atoms with E-state index in [4.69, 9.17) is 11.6 Å². The van der Waals surface area contributed by atoms with E-state index in [1.54, 1.807) is 12.4 Å². The van der Waals surface area contributed by atoms with Crippen LogP contribution in [0.15, 0.2) is 12.4 Å². The Morgan fingerprint density at radius 1 is 1.40 bits per heavy atom. The van der Waals surface area contributed by atoms with E-state index in [1.807, 2.05) is 0 Å². The molecule has 0 saturated heterocycles. The predicted octanol–water partition coefficient (Wildman–Crippen LogP) is 1.64. The molecule has 15 heavy (non-hydrogen) atoms. The fourth-order valence-corrected chi connectivity index (χ4v) is 1.79. The van der Waals surface area contributed by atoms with Crippen LogP contribution in [0.5, 0.6) is 0 Å². The van der Waals surface area contributed by atoms with Crippen molar-refractivity contribution >= 4 is 17.4 Å². The molecule has 0 bridgehead atoms.